The highest BCUT2D eigenvalue weighted by Gasteiger charge is 2.26. The average molecular weight is 475 g/mol. The van der Waals surface area contributed by atoms with Crippen LogP contribution in [0.15, 0.2) is 59.2 Å². The van der Waals surface area contributed by atoms with Crippen LogP contribution in [0.1, 0.15) is 79.0 Å². The number of benzene rings is 2. The quantitative estimate of drug-likeness (QED) is 0.374. The number of carbonyl (C=O) groups is 2. The Balaban J connectivity index is 1.49. The molecule has 35 heavy (non-hydrogen) atoms. The molecular weight excluding hydrogens is 440 g/mol. The van der Waals surface area contributed by atoms with Gasteiger partial charge in [-0.2, -0.15) is 0 Å². The summed E-state index contributed by atoms with van der Waals surface area (Å²) in [6, 6.07) is 15.6. The van der Waals surface area contributed by atoms with E-state index in [0.29, 0.717) is 23.9 Å². The number of aromatic nitrogens is 1. The zero-order valence-electron chi connectivity index (χ0n) is 20.3. The van der Waals surface area contributed by atoms with Crippen molar-refractivity contribution in [3.8, 4) is 11.5 Å². The Morgan fingerprint density at radius 2 is 1.86 bits per heavy atom. The summed E-state index contributed by atoms with van der Waals surface area (Å²) in [5.74, 6) is -0.0746. The van der Waals surface area contributed by atoms with Crippen LogP contribution in [0.5, 0.6) is 0 Å². The van der Waals surface area contributed by atoms with Crippen LogP contribution in [-0.2, 0) is 17.6 Å². The molecule has 1 saturated carbocycles. The largest absolute Gasteiger partial charge is 0.481 e. The molecule has 6 heteroatoms. The number of aliphatic carboxylic acids is 1. The summed E-state index contributed by atoms with van der Waals surface area (Å²) in [6.45, 7) is 2.16. The molecule has 1 fully saturated rings. The van der Waals surface area contributed by atoms with Crippen LogP contribution >= 0.6 is 0 Å². The molecule has 6 nitrogen and oxygen atoms in total. The van der Waals surface area contributed by atoms with Crippen molar-refractivity contribution in [2.24, 2.45) is 5.92 Å². The molecule has 0 saturated heterocycles. The van der Waals surface area contributed by atoms with Gasteiger partial charge in [0.05, 0.1) is 6.42 Å². The predicted octanol–water partition coefficient (Wildman–Crippen LogP) is 6.04. The molecule has 1 aromatic heterocycles. The number of oxazole rings is 1. The summed E-state index contributed by atoms with van der Waals surface area (Å²) in [5.41, 5.74) is 3.90. The molecule has 1 amide bonds. The van der Waals surface area contributed by atoms with Gasteiger partial charge in [-0.05, 0) is 54.4 Å². The van der Waals surface area contributed by atoms with Crippen LogP contribution in [-0.4, -0.2) is 28.0 Å². The molecule has 3 aromatic rings. The average Bonchev–Trinajstić information content (AvgIpc) is 3.35. The first kappa shape index (κ1) is 24.7. The van der Waals surface area contributed by atoms with Gasteiger partial charge in [0.25, 0.3) is 5.91 Å². The first-order valence-corrected chi connectivity index (χ1v) is 12.7. The highest BCUT2D eigenvalue weighted by Crippen LogP contribution is 2.29. The van der Waals surface area contributed by atoms with E-state index < -0.39 is 5.97 Å². The molecule has 1 aliphatic rings. The third-order valence-corrected chi connectivity index (χ3v) is 6.86. The van der Waals surface area contributed by atoms with Gasteiger partial charge >= 0.3 is 5.97 Å². The minimum Gasteiger partial charge on any atom is -0.481 e. The lowest BCUT2D eigenvalue weighted by molar-refractivity contribution is -0.136. The van der Waals surface area contributed by atoms with Gasteiger partial charge in [-0.1, -0.05) is 75.1 Å². The highest BCUT2D eigenvalue weighted by molar-refractivity contribution is 5.92. The summed E-state index contributed by atoms with van der Waals surface area (Å²) < 4.78 is 5.76. The summed E-state index contributed by atoms with van der Waals surface area (Å²) in [6.07, 6.45) is 10.2. The standard InChI is InChI=1S/C29H34N2O4/c1-2-9-25(22-12-4-3-5-13-22)30-28(34)26-19-35-29(31-26)24-15-7-6-14-23(24)17-20-10-8-11-21(16-20)18-27(32)33/h6-8,10-11,14-16,19,22,25H,2-5,9,12-13,17-18H2,1H3,(H,30,34)(H,32,33). The number of amides is 1. The van der Waals surface area contributed by atoms with Crippen molar-refractivity contribution in [2.45, 2.75) is 70.8 Å². The molecule has 0 bridgehead atoms. The van der Waals surface area contributed by atoms with Crippen LogP contribution < -0.4 is 5.32 Å². The molecule has 1 unspecified atom stereocenters. The number of hydrogen-bond donors (Lipinski definition) is 2. The number of carboxylic acids is 1. The Bertz CT molecular complexity index is 1150. The van der Waals surface area contributed by atoms with E-state index in [1.165, 1.54) is 38.4 Å². The normalized spacial score (nSPS) is 15.0. The minimum absolute atomic E-state index is 0.00637. The molecule has 2 N–H and O–H groups in total. The molecule has 0 radical (unpaired) electrons. The Labute approximate surface area is 206 Å². The summed E-state index contributed by atoms with van der Waals surface area (Å²) in [4.78, 5) is 28.7. The lowest BCUT2D eigenvalue weighted by atomic mass is 9.82. The first-order valence-electron chi connectivity index (χ1n) is 12.7. The van der Waals surface area contributed by atoms with Crippen LogP contribution in [0.25, 0.3) is 11.5 Å². The van der Waals surface area contributed by atoms with E-state index in [2.05, 4.69) is 17.2 Å². The van der Waals surface area contributed by atoms with Gasteiger partial charge < -0.3 is 14.8 Å². The molecule has 1 heterocycles. The molecular formula is C29H34N2O4. The molecule has 2 aromatic carbocycles. The van der Waals surface area contributed by atoms with Crippen LogP contribution in [0, 0.1) is 5.92 Å². The Hall–Kier alpha value is -3.41. The van der Waals surface area contributed by atoms with E-state index in [0.717, 1.165) is 35.1 Å². The maximum Gasteiger partial charge on any atom is 0.307 e. The fourth-order valence-corrected chi connectivity index (χ4v) is 5.14. The second-order valence-electron chi connectivity index (χ2n) is 9.53. The molecule has 1 aliphatic carbocycles. The lowest BCUT2D eigenvalue weighted by Crippen LogP contribution is -2.41. The lowest BCUT2D eigenvalue weighted by Gasteiger charge is -2.30. The first-order chi connectivity index (χ1) is 17.0. The summed E-state index contributed by atoms with van der Waals surface area (Å²) >= 11 is 0. The predicted molar refractivity (Wildman–Crippen MR) is 135 cm³/mol. The number of carbonyl (C=O) groups excluding carboxylic acids is 1. The highest BCUT2D eigenvalue weighted by atomic mass is 16.4. The molecule has 0 spiro atoms. The Kier molecular flexibility index (Phi) is 8.35. The van der Waals surface area contributed by atoms with Crippen molar-refractivity contribution in [3.63, 3.8) is 0 Å². The van der Waals surface area contributed by atoms with Crippen molar-refractivity contribution in [1.29, 1.82) is 0 Å². The van der Waals surface area contributed by atoms with E-state index in [4.69, 9.17) is 9.52 Å². The Morgan fingerprint density at radius 1 is 1.09 bits per heavy atom. The fourth-order valence-electron chi connectivity index (χ4n) is 5.14. The number of carboxylic acid groups (broad SMARTS) is 1. The van der Waals surface area contributed by atoms with Gasteiger partial charge in [-0.25, -0.2) is 4.98 Å². The zero-order chi connectivity index (χ0) is 24.6. The second kappa shape index (κ2) is 11.8. The van der Waals surface area contributed by atoms with E-state index in [-0.39, 0.29) is 18.4 Å². The second-order valence-corrected chi connectivity index (χ2v) is 9.53. The van der Waals surface area contributed by atoms with Gasteiger partial charge in [-0.3, -0.25) is 9.59 Å². The van der Waals surface area contributed by atoms with Gasteiger partial charge in [-0.15, -0.1) is 0 Å². The number of nitrogens with one attached hydrogen (secondary N) is 1. The van der Waals surface area contributed by atoms with Crippen LogP contribution in [0.2, 0.25) is 0 Å². The number of hydrogen-bond acceptors (Lipinski definition) is 4. The summed E-state index contributed by atoms with van der Waals surface area (Å²) in [7, 11) is 0. The number of nitrogens with zero attached hydrogens (tertiary/aromatic N) is 1. The zero-order valence-corrected chi connectivity index (χ0v) is 20.3. The van der Waals surface area contributed by atoms with Crippen molar-refractivity contribution < 1.29 is 19.1 Å². The summed E-state index contributed by atoms with van der Waals surface area (Å²) in [5, 5.41) is 12.3. The van der Waals surface area contributed by atoms with Crippen molar-refractivity contribution >= 4 is 11.9 Å². The van der Waals surface area contributed by atoms with Crippen molar-refractivity contribution in [1.82, 2.24) is 10.3 Å². The number of rotatable bonds is 10. The van der Waals surface area contributed by atoms with E-state index in [1.54, 1.807) is 0 Å². The van der Waals surface area contributed by atoms with Crippen molar-refractivity contribution in [3.05, 3.63) is 77.2 Å². The van der Waals surface area contributed by atoms with Crippen molar-refractivity contribution in [2.75, 3.05) is 0 Å². The van der Waals surface area contributed by atoms with Crippen LogP contribution in [0.4, 0.5) is 0 Å². The smallest absolute Gasteiger partial charge is 0.307 e. The Morgan fingerprint density at radius 3 is 2.63 bits per heavy atom. The fraction of sp³-hybridized carbons (Fsp3) is 0.414. The van der Waals surface area contributed by atoms with Crippen LogP contribution in [0.3, 0.4) is 0 Å². The topological polar surface area (TPSA) is 92.4 Å². The SMILES string of the molecule is CCCC(NC(=O)c1coc(-c2ccccc2Cc2cccc(CC(=O)O)c2)n1)C1CCCCC1. The molecule has 184 valence electrons. The van der Waals surface area contributed by atoms with Gasteiger partial charge in [0.15, 0.2) is 5.69 Å². The van der Waals surface area contributed by atoms with E-state index in [9.17, 15) is 9.59 Å². The van der Waals surface area contributed by atoms with E-state index in [1.807, 2.05) is 48.5 Å². The third kappa shape index (κ3) is 6.59. The monoisotopic (exact) mass is 474 g/mol. The molecule has 4 rings (SSSR count). The third-order valence-electron chi connectivity index (χ3n) is 6.86. The maximum absolute atomic E-state index is 13.0. The van der Waals surface area contributed by atoms with Gasteiger partial charge in [0, 0.05) is 11.6 Å². The molecule has 0 aliphatic heterocycles. The van der Waals surface area contributed by atoms with Gasteiger partial charge in [0.2, 0.25) is 5.89 Å². The molecule has 1 atom stereocenters. The van der Waals surface area contributed by atoms with Gasteiger partial charge in [0.1, 0.15) is 6.26 Å². The minimum atomic E-state index is -0.849. The maximum atomic E-state index is 13.0. The van der Waals surface area contributed by atoms with E-state index >= 15 is 0 Å².